The molecule has 70 valence electrons. The Kier molecular flexibility index (Phi) is 3.49. The Bertz CT molecular complexity index is 270. The van der Waals surface area contributed by atoms with E-state index >= 15 is 0 Å². The molecule has 0 saturated carbocycles. The molecule has 0 bridgehead atoms. The van der Waals surface area contributed by atoms with Crippen LogP contribution in [-0.4, -0.2) is 12.7 Å². The first-order valence-electron chi connectivity index (χ1n) is 3.70. The van der Waals surface area contributed by atoms with E-state index in [1.807, 2.05) is 0 Å². The zero-order valence-corrected chi connectivity index (χ0v) is 7.06. The van der Waals surface area contributed by atoms with Crippen LogP contribution in [0.3, 0.4) is 0 Å². The monoisotopic (exact) mass is 183 g/mol. The van der Waals surface area contributed by atoms with Crippen molar-refractivity contribution in [2.24, 2.45) is 10.4 Å². The predicted octanol–water partition coefficient (Wildman–Crippen LogP) is 1.49. The Balaban J connectivity index is 2.47. The van der Waals surface area contributed by atoms with Gasteiger partial charge in [0.15, 0.2) is 5.82 Å². The molecule has 6 nitrogen and oxygen atoms in total. The molecule has 0 aromatic rings. The van der Waals surface area contributed by atoms with Gasteiger partial charge in [0.25, 0.3) is 0 Å². The lowest BCUT2D eigenvalue weighted by Gasteiger charge is -2.02. The van der Waals surface area contributed by atoms with Gasteiger partial charge in [-0.3, -0.25) is 5.32 Å². The fourth-order valence-corrected chi connectivity index (χ4v) is 0.632. The lowest BCUT2D eigenvalue weighted by atomic mass is 10.5. The first kappa shape index (κ1) is 9.24. The van der Waals surface area contributed by atoms with Gasteiger partial charge in [-0.25, -0.2) is 4.79 Å². The van der Waals surface area contributed by atoms with Gasteiger partial charge in [0, 0.05) is 5.28 Å². The summed E-state index contributed by atoms with van der Waals surface area (Å²) in [7, 11) is 0. The largest absolute Gasteiger partial charge is 0.450 e. The smallest absolute Gasteiger partial charge is 0.412 e. The number of hydrogen-bond acceptors (Lipinski definition) is 5. The Morgan fingerprint density at radius 1 is 1.77 bits per heavy atom. The summed E-state index contributed by atoms with van der Waals surface area (Å²) in [6, 6.07) is 0. The third-order valence-corrected chi connectivity index (χ3v) is 1.09. The van der Waals surface area contributed by atoms with Crippen LogP contribution in [0, 0.1) is 0 Å². The standard InChI is InChI=1S/C7H9N3O3/c1-2-12-7(11)8-6-4-3-5-13-10-9-6/h3-5H,2H2,1H3,(H,8,11). The number of nitrogens with zero attached hydrogens (tertiary/aromatic N) is 2. The van der Waals surface area contributed by atoms with E-state index in [0.29, 0.717) is 6.61 Å². The topological polar surface area (TPSA) is 72.3 Å². The quantitative estimate of drug-likeness (QED) is 0.704. The van der Waals surface area contributed by atoms with Crippen molar-refractivity contribution in [3.8, 4) is 0 Å². The summed E-state index contributed by atoms with van der Waals surface area (Å²) in [5.74, 6) is 0.271. The molecular weight excluding hydrogens is 174 g/mol. The van der Waals surface area contributed by atoms with Crippen molar-refractivity contribution in [2.75, 3.05) is 6.61 Å². The van der Waals surface area contributed by atoms with Gasteiger partial charge in [0.1, 0.15) is 6.26 Å². The number of carbonyl (C=O) groups is 1. The molecule has 0 aromatic heterocycles. The fourth-order valence-electron chi connectivity index (χ4n) is 0.632. The van der Waals surface area contributed by atoms with Crippen LogP contribution in [0.2, 0.25) is 0 Å². The van der Waals surface area contributed by atoms with Crippen molar-refractivity contribution in [2.45, 2.75) is 6.92 Å². The third-order valence-electron chi connectivity index (χ3n) is 1.09. The van der Waals surface area contributed by atoms with Crippen LogP contribution in [0.1, 0.15) is 6.92 Å². The Hall–Kier alpha value is -1.85. The van der Waals surface area contributed by atoms with Gasteiger partial charge in [-0.2, -0.15) is 0 Å². The Morgan fingerprint density at radius 3 is 3.38 bits per heavy atom. The van der Waals surface area contributed by atoms with Crippen LogP contribution >= 0.6 is 0 Å². The van der Waals surface area contributed by atoms with Crippen molar-refractivity contribution >= 4 is 6.09 Å². The molecule has 1 amide bonds. The highest BCUT2D eigenvalue weighted by Gasteiger charge is 2.03. The van der Waals surface area contributed by atoms with Crippen LogP contribution in [0.15, 0.2) is 34.6 Å². The summed E-state index contributed by atoms with van der Waals surface area (Å²) in [6.45, 7) is 2.02. The maximum absolute atomic E-state index is 10.9. The molecule has 0 saturated heterocycles. The van der Waals surface area contributed by atoms with E-state index in [-0.39, 0.29) is 5.82 Å². The second-order valence-corrected chi connectivity index (χ2v) is 2.01. The molecule has 0 radical (unpaired) electrons. The highest BCUT2D eigenvalue weighted by Crippen LogP contribution is 1.99. The summed E-state index contributed by atoms with van der Waals surface area (Å²) in [5.41, 5.74) is 0. The maximum Gasteiger partial charge on any atom is 0.412 e. The third kappa shape index (κ3) is 3.37. The molecule has 0 atom stereocenters. The van der Waals surface area contributed by atoms with Gasteiger partial charge in [-0.1, -0.05) is 5.11 Å². The molecule has 1 heterocycles. The molecule has 1 rings (SSSR count). The van der Waals surface area contributed by atoms with Crippen molar-refractivity contribution < 1.29 is 14.4 Å². The lowest BCUT2D eigenvalue weighted by molar-refractivity contribution is 0.154. The average molecular weight is 183 g/mol. The number of hydrogen-bond donors (Lipinski definition) is 1. The van der Waals surface area contributed by atoms with E-state index in [1.165, 1.54) is 12.3 Å². The number of allylic oxidation sites excluding steroid dienone is 2. The van der Waals surface area contributed by atoms with Crippen molar-refractivity contribution in [1.82, 2.24) is 5.32 Å². The lowest BCUT2D eigenvalue weighted by Crippen LogP contribution is -2.22. The number of alkyl carbamates (subject to hydrolysis) is 1. The molecule has 6 heteroatoms. The van der Waals surface area contributed by atoms with Gasteiger partial charge in [-0.15, -0.1) is 0 Å². The molecule has 13 heavy (non-hydrogen) atoms. The molecule has 0 aliphatic carbocycles. The van der Waals surface area contributed by atoms with Crippen LogP contribution in [-0.2, 0) is 9.57 Å². The second kappa shape index (κ2) is 4.91. The van der Waals surface area contributed by atoms with E-state index in [1.54, 1.807) is 13.0 Å². The van der Waals surface area contributed by atoms with Crippen LogP contribution in [0.4, 0.5) is 4.79 Å². The molecule has 1 N–H and O–H groups in total. The van der Waals surface area contributed by atoms with Gasteiger partial charge in [0.05, 0.1) is 6.61 Å². The highest BCUT2D eigenvalue weighted by molar-refractivity contribution is 5.69. The van der Waals surface area contributed by atoms with E-state index in [2.05, 4.69) is 25.3 Å². The molecule has 0 fully saturated rings. The summed E-state index contributed by atoms with van der Waals surface area (Å²) >= 11 is 0. The predicted molar refractivity (Wildman–Crippen MR) is 43.3 cm³/mol. The number of carbonyl (C=O) groups excluding carboxylic acids is 1. The van der Waals surface area contributed by atoms with E-state index < -0.39 is 6.09 Å². The zero-order valence-electron chi connectivity index (χ0n) is 7.06. The van der Waals surface area contributed by atoms with E-state index in [4.69, 9.17) is 0 Å². The summed E-state index contributed by atoms with van der Waals surface area (Å²) in [4.78, 5) is 15.4. The highest BCUT2D eigenvalue weighted by atomic mass is 16.6. The van der Waals surface area contributed by atoms with Crippen LogP contribution in [0.5, 0.6) is 0 Å². The van der Waals surface area contributed by atoms with Gasteiger partial charge < -0.3 is 9.57 Å². The molecule has 0 aromatic carbocycles. The maximum atomic E-state index is 10.9. The van der Waals surface area contributed by atoms with Crippen LogP contribution in [0.25, 0.3) is 0 Å². The van der Waals surface area contributed by atoms with Gasteiger partial charge >= 0.3 is 6.09 Å². The number of nitrogens with one attached hydrogen (secondary N) is 1. The molecule has 0 spiro atoms. The molecule has 1 aliphatic heterocycles. The van der Waals surface area contributed by atoms with Crippen molar-refractivity contribution in [1.29, 1.82) is 0 Å². The summed E-state index contributed by atoms with van der Waals surface area (Å²) in [5, 5.41) is 9.17. The molecular formula is C7H9N3O3. The summed E-state index contributed by atoms with van der Waals surface area (Å²) < 4.78 is 4.63. The minimum atomic E-state index is -0.567. The number of ether oxygens (including phenoxy) is 1. The SMILES string of the molecule is CCOC(=O)NC1=CC=CON=N1. The Labute approximate surface area is 74.9 Å². The van der Waals surface area contributed by atoms with Gasteiger partial charge in [-0.05, 0) is 19.1 Å². The minimum Gasteiger partial charge on any atom is -0.450 e. The first-order valence-corrected chi connectivity index (χ1v) is 3.70. The zero-order chi connectivity index (χ0) is 9.52. The summed E-state index contributed by atoms with van der Waals surface area (Å²) in [6.07, 6.45) is 3.86. The van der Waals surface area contributed by atoms with Crippen molar-refractivity contribution in [3.63, 3.8) is 0 Å². The minimum absolute atomic E-state index is 0.271. The van der Waals surface area contributed by atoms with E-state index in [9.17, 15) is 4.79 Å². The normalized spacial score (nSPS) is 14.1. The molecule has 0 unspecified atom stereocenters. The van der Waals surface area contributed by atoms with E-state index in [0.717, 1.165) is 0 Å². The number of amides is 1. The van der Waals surface area contributed by atoms with Gasteiger partial charge in [0.2, 0.25) is 0 Å². The Morgan fingerprint density at radius 2 is 2.62 bits per heavy atom. The van der Waals surface area contributed by atoms with Crippen LogP contribution < -0.4 is 5.32 Å². The average Bonchev–Trinajstić information content (AvgIpc) is 2.33. The first-order chi connectivity index (χ1) is 6.33. The molecule has 1 aliphatic rings. The number of rotatable bonds is 2. The second-order valence-electron chi connectivity index (χ2n) is 2.01. The van der Waals surface area contributed by atoms with Crippen molar-refractivity contribution in [3.05, 3.63) is 24.2 Å². The fraction of sp³-hybridized carbons (Fsp3) is 0.286.